The second-order valence-corrected chi connectivity index (χ2v) is 4.94. The number of nitrogens with one attached hydrogen (secondary N) is 1. The molecule has 1 aromatic rings. The standard InChI is InChI=1S/C14H17FN2O2/c1-9-7-10(15)3-5-12(9)14(19)16-11-4-6-13(18)17(2)8-11/h3,5,7,11H,4,6,8H2,1-2H3,(H,16,19). The number of likely N-dealkylation sites (N-methyl/N-ethyl adjacent to an activating group) is 1. The molecular weight excluding hydrogens is 247 g/mol. The van der Waals surface area contributed by atoms with Crippen LogP contribution in [0.3, 0.4) is 0 Å². The fourth-order valence-corrected chi connectivity index (χ4v) is 2.28. The number of likely N-dealkylation sites (tertiary alicyclic amines) is 1. The third kappa shape index (κ3) is 3.10. The molecule has 0 saturated carbocycles. The first-order chi connectivity index (χ1) is 8.97. The molecule has 1 atom stereocenters. The molecular formula is C14H17FN2O2. The minimum Gasteiger partial charge on any atom is -0.348 e. The van der Waals surface area contributed by atoms with Crippen molar-refractivity contribution in [2.75, 3.05) is 13.6 Å². The van der Waals surface area contributed by atoms with Crippen molar-refractivity contribution < 1.29 is 14.0 Å². The fourth-order valence-electron chi connectivity index (χ4n) is 2.28. The highest BCUT2D eigenvalue weighted by atomic mass is 19.1. The number of rotatable bonds is 2. The maximum atomic E-state index is 13.0. The van der Waals surface area contributed by atoms with Gasteiger partial charge in [-0.15, -0.1) is 0 Å². The molecule has 19 heavy (non-hydrogen) atoms. The summed E-state index contributed by atoms with van der Waals surface area (Å²) in [6.45, 7) is 2.22. The van der Waals surface area contributed by atoms with Crippen molar-refractivity contribution in [1.29, 1.82) is 0 Å². The van der Waals surface area contributed by atoms with E-state index in [4.69, 9.17) is 0 Å². The Morgan fingerprint density at radius 2 is 2.21 bits per heavy atom. The highest BCUT2D eigenvalue weighted by Gasteiger charge is 2.24. The third-order valence-electron chi connectivity index (χ3n) is 3.39. The summed E-state index contributed by atoms with van der Waals surface area (Å²) < 4.78 is 13.0. The second kappa shape index (κ2) is 5.38. The van der Waals surface area contributed by atoms with E-state index in [-0.39, 0.29) is 23.7 Å². The molecule has 1 unspecified atom stereocenters. The van der Waals surface area contributed by atoms with Crippen molar-refractivity contribution in [3.63, 3.8) is 0 Å². The minimum absolute atomic E-state index is 0.0420. The summed E-state index contributed by atoms with van der Waals surface area (Å²) in [4.78, 5) is 25.1. The van der Waals surface area contributed by atoms with Crippen LogP contribution >= 0.6 is 0 Å². The van der Waals surface area contributed by atoms with E-state index in [1.807, 2.05) is 0 Å². The molecule has 0 spiro atoms. The maximum absolute atomic E-state index is 13.0. The van der Waals surface area contributed by atoms with Crippen molar-refractivity contribution in [2.24, 2.45) is 0 Å². The summed E-state index contributed by atoms with van der Waals surface area (Å²) in [5, 5.41) is 2.89. The van der Waals surface area contributed by atoms with Crippen molar-refractivity contribution in [2.45, 2.75) is 25.8 Å². The zero-order valence-electron chi connectivity index (χ0n) is 11.1. The molecule has 1 aliphatic rings. The Balaban J connectivity index is 2.03. The molecule has 1 N–H and O–H groups in total. The van der Waals surface area contributed by atoms with Gasteiger partial charge in [0.2, 0.25) is 5.91 Å². The van der Waals surface area contributed by atoms with E-state index < -0.39 is 0 Å². The topological polar surface area (TPSA) is 49.4 Å². The summed E-state index contributed by atoms with van der Waals surface area (Å²) in [5.41, 5.74) is 1.08. The average molecular weight is 264 g/mol. The van der Waals surface area contributed by atoms with Gasteiger partial charge in [0.25, 0.3) is 5.91 Å². The Bertz CT molecular complexity index is 516. The molecule has 0 aliphatic carbocycles. The monoisotopic (exact) mass is 264 g/mol. The van der Waals surface area contributed by atoms with Crippen LogP contribution in [0.15, 0.2) is 18.2 Å². The Kier molecular flexibility index (Phi) is 3.83. The van der Waals surface area contributed by atoms with Crippen LogP contribution < -0.4 is 5.32 Å². The molecule has 1 heterocycles. The van der Waals surface area contributed by atoms with Crippen molar-refractivity contribution in [3.05, 3.63) is 35.1 Å². The molecule has 4 nitrogen and oxygen atoms in total. The molecule has 102 valence electrons. The van der Waals surface area contributed by atoms with E-state index in [1.54, 1.807) is 18.9 Å². The van der Waals surface area contributed by atoms with Gasteiger partial charge in [-0.2, -0.15) is 0 Å². The largest absolute Gasteiger partial charge is 0.348 e. The van der Waals surface area contributed by atoms with Crippen LogP contribution in [0.5, 0.6) is 0 Å². The first kappa shape index (κ1) is 13.5. The number of halogens is 1. The second-order valence-electron chi connectivity index (χ2n) is 4.94. The van der Waals surface area contributed by atoms with E-state index in [9.17, 15) is 14.0 Å². The molecule has 2 amide bonds. The highest BCUT2D eigenvalue weighted by Crippen LogP contribution is 2.13. The SMILES string of the molecule is Cc1cc(F)ccc1C(=O)NC1CCC(=O)N(C)C1. The highest BCUT2D eigenvalue weighted by molar-refractivity contribution is 5.95. The van der Waals surface area contributed by atoms with E-state index in [0.29, 0.717) is 30.5 Å². The number of aryl methyl sites for hydroxylation is 1. The van der Waals surface area contributed by atoms with Gasteiger partial charge in [0.15, 0.2) is 0 Å². The van der Waals surface area contributed by atoms with Gasteiger partial charge in [-0.3, -0.25) is 9.59 Å². The van der Waals surface area contributed by atoms with Crippen LogP contribution in [0.2, 0.25) is 0 Å². The Hall–Kier alpha value is -1.91. The molecule has 5 heteroatoms. The number of carbonyl (C=O) groups excluding carboxylic acids is 2. The molecule has 1 aromatic carbocycles. The summed E-state index contributed by atoms with van der Waals surface area (Å²) in [7, 11) is 1.73. The van der Waals surface area contributed by atoms with Crippen LogP contribution in [0, 0.1) is 12.7 Å². The maximum Gasteiger partial charge on any atom is 0.251 e. The molecule has 0 bridgehead atoms. The van der Waals surface area contributed by atoms with E-state index in [0.717, 1.165) is 0 Å². The predicted octanol–water partition coefficient (Wildman–Crippen LogP) is 1.48. The number of nitrogens with zero attached hydrogens (tertiary/aromatic N) is 1. The first-order valence-electron chi connectivity index (χ1n) is 6.28. The average Bonchev–Trinajstić information content (AvgIpc) is 2.33. The van der Waals surface area contributed by atoms with Gasteiger partial charge in [0, 0.05) is 31.6 Å². The molecule has 2 rings (SSSR count). The van der Waals surface area contributed by atoms with Gasteiger partial charge < -0.3 is 10.2 Å². The van der Waals surface area contributed by atoms with E-state index in [1.165, 1.54) is 18.2 Å². The van der Waals surface area contributed by atoms with Crippen LogP contribution in [0.25, 0.3) is 0 Å². The lowest BCUT2D eigenvalue weighted by Gasteiger charge is -2.30. The minimum atomic E-state index is -0.350. The van der Waals surface area contributed by atoms with Crippen LogP contribution in [-0.2, 0) is 4.79 Å². The quantitative estimate of drug-likeness (QED) is 0.879. The van der Waals surface area contributed by atoms with Crippen LogP contribution in [0.4, 0.5) is 4.39 Å². The lowest BCUT2D eigenvalue weighted by Crippen LogP contribution is -2.48. The number of benzene rings is 1. The Labute approximate surface area is 111 Å². The zero-order chi connectivity index (χ0) is 14.0. The molecule has 0 aromatic heterocycles. The van der Waals surface area contributed by atoms with Crippen molar-refractivity contribution >= 4 is 11.8 Å². The first-order valence-corrected chi connectivity index (χ1v) is 6.28. The molecule has 0 radical (unpaired) electrons. The van der Waals surface area contributed by atoms with Gasteiger partial charge >= 0.3 is 0 Å². The number of amides is 2. The Morgan fingerprint density at radius 3 is 2.84 bits per heavy atom. The number of piperidine rings is 1. The molecule has 1 saturated heterocycles. The van der Waals surface area contributed by atoms with Gasteiger partial charge in [0.05, 0.1) is 0 Å². The van der Waals surface area contributed by atoms with Crippen LogP contribution in [0.1, 0.15) is 28.8 Å². The zero-order valence-corrected chi connectivity index (χ0v) is 11.1. The number of carbonyl (C=O) groups is 2. The normalized spacial score (nSPS) is 19.4. The van der Waals surface area contributed by atoms with Gasteiger partial charge in [-0.1, -0.05) is 0 Å². The predicted molar refractivity (Wildman–Crippen MR) is 69.3 cm³/mol. The van der Waals surface area contributed by atoms with Crippen molar-refractivity contribution in [3.8, 4) is 0 Å². The van der Waals surface area contributed by atoms with Gasteiger partial charge in [-0.25, -0.2) is 4.39 Å². The summed E-state index contributed by atoms with van der Waals surface area (Å²) in [6, 6.07) is 4.06. The fraction of sp³-hybridized carbons (Fsp3) is 0.429. The van der Waals surface area contributed by atoms with Gasteiger partial charge in [0.1, 0.15) is 5.82 Å². The van der Waals surface area contributed by atoms with E-state index >= 15 is 0 Å². The number of hydrogen-bond donors (Lipinski definition) is 1. The lowest BCUT2D eigenvalue weighted by atomic mass is 10.0. The summed E-state index contributed by atoms with van der Waals surface area (Å²) in [6.07, 6.45) is 1.10. The van der Waals surface area contributed by atoms with Crippen LogP contribution in [-0.4, -0.2) is 36.3 Å². The Morgan fingerprint density at radius 1 is 1.47 bits per heavy atom. The molecule has 1 aliphatic heterocycles. The van der Waals surface area contributed by atoms with Crippen molar-refractivity contribution in [1.82, 2.24) is 10.2 Å². The molecule has 1 fully saturated rings. The van der Waals surface area contributed by atoms with E-state index in [2.05, 4.69) is 5.32 Å². The summed E-state index contributed by atoms with van der Waals surface area (Å²) in [5.74, 6) is -0.467. The lowest BCUT2D eigenvalue weighted by molar-refractivity contribution is -0.132. The third-order valence-corrected chi connectivity index (χ3v) is 3.39. The van der Waals surface area contributed by atoms with Gasteiger partial charge in [-0.05, 0) is 37.1 Å². The smallest absolute Gasteiger partial charge is 0.251 e. The number of hydrogen-bond acceptors (Lipinski definition) is 2. The summed E-state index contributed by atoms with van der Waals surface area (Å²) >= 11 is 0.